The largest absolute Gasteiger partial charge is 0.507 e. The van der Waals surface area contributed by atoms with Crippen LogP contribution in [0.5, 0.6) is 11.5 Å². The lowest BCUT2D eigenvalue weighted by atomic mass is 9.78. The van der Waals surface area contributed by atoms with E-state index in [4.69, 9.17) is 4.74 Å². The summed E-state index contributed by atoms with van der Waals surface area (Å²) in [6.07, 6.45) is 7.15. The van der Waals surface area contributed by atoms with E-state index in [1.54, 1.807) is 19.2 Å². The highest BCUT2D eigenvalue weighted by molar-refractivity contribution is 5.97. The van der Waals surface area contributed by atoms with Crippen LogP contribution in [0.4, 0.5) is 0 Å². The van der Waals surface area contributed by atoms with Gasteiger partial charge in [-0.25, -0.2) is 0 Å². The first kappa shape index (κ1) is 14.2. The number of hydrogen-bond donors (Lipinski definition) is 1. The van der Waals surface area contributed by atoms with Gasteiger partial charge < -0.3 is 14.7 Å². The highest BCUT2D eigenvalue weighted by Gasteiger charge is 2.36. The number of methoxy groups -OCH3 is 1. The normalized spacial score (nSPS) is 25.3. The maximum absolute atomic E-state index is 12.8. The van der Waals surface area contributed by atoms with Gasteiger partial charge in [0.05, 0.1) is 12.7 Å². The Hall–Kier alpha value is -1.71. The SMILES string of the molecule is COc1ccc(C(=O)N2CCC[C@H]3CCCC[C@H]32)c(O)c1. The van der Waals surface area contributed by atoms with Crippen LogP contribution in [0.2, 0.25) is 0 Å². The number of rotatable bonds is 2. The fourth-order valence-electron chi connectivity index (χ4n) is 3.85. The van der Waals surface area contributed by atoms with Crippen LogP contribution in [0.1, 0.15) is 48.9 Å². The Morgan fingerprint density at radius 2 is 2.00 bits per heavy atom. The number of fused-ring (bicyclic) bond motifs is 1. The number of carbonyl (C=O) groups is 1. The number of nitrogens with zero attached hydrogens (tertiary/aromatic N) is 1. The van der Waals surface area contributed by atoms with Crippen LogP contribution in [-0.2, 0) is 0 Å². The Morgan fingerprint density at radius 1 is 1.24 bits per heavy atom. The third-order valence-corrected chi connectivity index (χ3v) is 4.94. The monoisotopic (exact) mass is 289 g/mol. The molecule has 1 heterocycles. The number of phenolic OH excluding ortho intramolecular Hbond substituents is 1. The molecule has 0 aromatic heterocycles. The molecule has 3 rings (SSSR count). The van der Waals surface area contributed by atoms with Crippen LogP contribution in [0.25, 0.3) is 0 Å². The van der Waals surface area contributed by atoms with E-state index in [-0.39, 0.29) is 11.7 Å². The highest BCUT2D eigenvalue weighted by atomic mass is 16.5. The number of phenols is 1. The fraction of sp³-hybridized carbons (Fsp3) is 0.588. The van der Waals surface area contributed by atoms with Gasteiger partial charge in [0.25, 0.3) is 5.91 Å². The first-order chi connectivity index (χ1) is 10.2. The number of aromatic hydroxyl groups is 1. The van der Waals surface area contributed by atoms with Crippen LogP contribution in [0, 0.1) is 5.92 Å². The minimum Gasteiger partial charge on any atom is -0.507 e. The van der Waals surface area contributed by atoms with Crippen molar-refractivity contribution in [2.45, 2.75) is 44.6 Å². The zero-order valence-electron chi connectivity index (χ0n) is 12.5. The van der Waals surface area contributed by atoms with E-state index in [1.165, 1.54) is 31.7 Å². The zero-order chi connectivity index (χ0) is 14.8. The molecule has 1 saturated carbocycles. The molecule has 1 amide bonds. The van der Waals surface area contributed by atoms with E-state index in [1.807, 2.05) is 4.90 Å². The Bertz CT molecular complexity index is 527. The summed E-state index contributed by atoms with van der Waals surface area (Å²) in [5.41, 5.74) is 0.391. The maximum Gasteiger partial charge on any atom is 0.257 e. The van der Waals surface area contributed by atoms with E-state index >= 15 is 0 Å². The summed E-state index contributed by atoms with van der Waals surface area (Å²) < 4.78 is 5.08. The van der Waals surface area contributed by atoms with Crippen LogP contribution >= 0.6 is 0 Å². The summed E-state index contributed by atoms with van der Waals surface area (Å²) in [6.45, 7) is 0.811. The van der Waals surface area contributed by atoms with Gasteiger partial charge >= 0.3 is 0 Å². The zero-order valence-corrected chi connectivity index (χ0v) is 12.5. The lowest BCUT2D eigenvalue weighted by Crippen LogP contribution is -2.49. The molecular weight excluding hydrogens is 266 g/mol. The Balaban J connectivity index is 1.83. The molecule has 4 heteroatoms. The number of piperidine rings is 1. The molecule has 4 nitrogen and oxygen atoms in total. The second kappa shape index (κ2) is 5.96. The van der Waals surface area contributed by atoms with Crippen molar-refractivity contribution in [3.8, 4) is 11.5 Å². The molecule has 0 spiro atoms. The van der Waals surface area contributed by atoms with Crippen LogP contribution < -0.4 is 4.74 Å². The topological polar surface area (TPSA) is 49.8 Å². The summed E-state index contributed by atoms with van der Waals surface area (Å²) in [7, 11) is 1.55. The molecule has 1 aliphatic carbocycles. The van der Waals surface area contributed by atoms with E-state index in [0.29, 0.717) is 23.3 Å². The minimum atomic E-state index is -0.0354. The molecule has 0 unspecified atom stereocenters. The molecule has 1 aromatic carbocycles. The number of carbonyl (C=O) groups excluding carboxylic acids is 1. The van der Waals surface area contributed by atoms with Crippen molar-refractivity contribution in [1.82, 2.24) is 4.90 Å². The number of benzene rings is 1. The summed E-state index contributed by atoms with van der Waals surface area (Å²) in [5.74, 6) is 1.19. The van der Waals surface area contributed by atoms with Crippen molar-refractivity contribution >= 4 is 5.91 Å². The molecule has 0 bridgehead atoms. The minimum absolute atomic E-state index is 0.0114. The van der Waals surface area contributed by atoms with Gasteiger partial charge in [0, 0.05) is 18.7 Å². The van der Waals surface area contributed by atoms with E-state index in [9.17, 15) is 9.90 Å². The van der Waals surface area contributed by atoms with Gasteiger partial charge in [-0.05, 0) is 43.7 Å². The molecule has 114 valence electrons. The molecule has 21 heavy (non-hydrogen) atoms. The van der Waals surface area contributed by atoms with Gasteiger partial charge in [0.2, 0.25) is 0 Å². The van der Waals surface area contributed by atoms with E-state index < -0.39 is 0 Å². The predicted octanol–water partition coefficient (Wildman–Crippen LogP) is 3.20. The number of amides is 1. The molecule has 2 fully saturated rings. The average molecular weight is 289 g/mol. The third kappa shape index (κ3) is 2.71. The molecule has 1 aromatic rings. The summed E-state index contributed by atoms with van der Waals surface area (Å²) >= 11 is 0. The Morgan fingerprint density at radius 3 is 2.76 bits per heavy atom. The lowest BCUT2D eigenvalue weighted by molar-refractivity contribution is 0.0388. The number of hydrogen-bond acceptors (Lipinski definition) is 3. The van der Waals surface area contributed by atoms with Gasteiger partial charge in [-0.3, -0.25) is 4.79 Å². The van der Waals surface area contributed by atoms with Gasteiger partial charge in [0.15, 0.2) is 0 Å². The molecule has 1 aliphatic heterocycles. The molecule has 1 N–H and O–H groups in total. The van der Waals surface area contributed by atoms with E-state index in [2.05, 4.69) is 0 Å². The summed E-state index contributed by atoms with van der Waals surface area (Å²) in [5, 5.41) is 10.1. The van der Waals surface area contributed by atoms with E-state index in [0.717, 1.165) is 19.4 Å². The fourth-order valence-corrected chi connectivity index (χ4v) is 3.85. The Labute approximate surface area is 125 Å². The summed E-state index contributed by atoms with van der Waals surface area (Å²) in [6, 6.07) is 5.27. The smallest absolute Gasteiger partial charge is 0.257 e. The van der Waals surface area contributed by atoms with Crippen molar-refractivity contribution in [2.75, 3.05) is 13.7 Å². The number of likely N-dealkylation sites (tertiary alicyclic amines) is 1. The molecule has 1 saturated heterocycles. The van der Waals surface area contributed by atoms with Crippen LogP contribution in [0.15, 0.2) is 18.2 Å². The Kier molecular flexibility index (Phi) is 4.04. The van der Waals surface area contributed by atoms with Gasteiger partial charge in [0.1, 0.15) is 11.5 Å². The molecule has 0 radical (unpaired) electrons. The predicted molar refractivity (Wildman–Crippen MR) is 80.7 cm³/mol. The average Bonchev–Trinajstić information content (AvgIpc) is 2.53. The molecule has 2 atom stereocenters. The van der Waals surface area contributed by atoms with Crippen molar-refractivity contribution in [2.24, 2.45) is 5.92 Å². The molecule has 2 aliphatic rings. The maximum atomic E-state index is 12.8. The third-order valence-electron chi connectivity index (χ3n) is 4.94. The second-order valence-corrected chi connectivity index (χ2v) is 6.14. The van der Waals surface area contributed by atoms with Crippen LogP contribution in [0.3, 0.4) is 0 Å². The first-order valence-electron chi connectivity index (χ1n) is 7.88. The second-order valence-electron chi connectivity index (χ2n) is 6.14. The van der Waals surface area contributed by atoms with Crippen LogP contribution in [-0.4, -0.2) is 35.6 Å². The van der Waals surface area contributed by atoms with Gasteiger partial charge in [-0.1, -0.05) is 12.8 Å². The van der Waals surface area contributed by atoms with Crippen molar-refractivity contribution < 1.29 is 14.6 Å². The standard InChI is InChI=1S/C17H23NO3/c1-21-13-8-9-14(16(19)11-13)17(20)18-10-4-6-12-5-2-3-7-15(12)18/h8-9,11-12,15,19H,2-7,10H2,1H3/t12-,15-/m1/s1. The van der Waals surface area contributed by atoms with Gasteiger partial charge in [-0.2, -0.15) is 0 Å². The lowest BCUT2D eigenvalue weighted by Gasteiger charge is -2.44. The van der Waals surface area contributed by atoms with Crippen molar-refractivity contribution in [3.63, 3.8) is 0 Å². The first-order valence-corrected chi connectivity index (χ1v) is 7.88. The quantitative estimate of drug-likeness (QED) is 0.909. The van der Waals surface area contributed by atoms with Gasteiger partial charge in [-0.15, -0.1) is 0 Å². The van der Waals surface area contributed by atoms with Crippen molar-refractivity contribution in [1.29, 1.82) is 0 Å². The summed E-state index contributed by atoms with van der Waals surface area (Å²) in [4.78, 5) is 14.8. The highest BCUT2D eigenvalue weighted by Crippen LogP contribution is 2.37. The molecular formula is C17H23NO3. The van der Waals surface area contributed by atoms with Crippen molar-refractivity contribution in [3.05, 3.63) is 23.8 Å². The number of ether oxygens (including phenoxy) is 1.